The Morgan fingerprint density at radius 1 is 1.50 bits per heavy atom. The van der Waals surface area contributed by atoms with Crippen molar-refractivity contribution in [1.82, 2.24) is 0 Å². The van der Waals surface area contributed by atoms with Crippen LogP contribution >= 0.6 is 44.3 Å². The molecule has 0 fully saturated rings. The van der Waals surface area contributed by atoms with Crippen LogP contribution in [0.1, 0.15) is 11.6 Å². The van der Waals surface area contributed by atoms with Crippen LogP contribution in [0.5, 0.6) is 11.5 Å². The molecule has 0 aromatic heterocycles. The van der Waals surface area contributed by atoms with Crippen molar-refractivity contribution in [1.29, 1.82) is 0 Å². The second-order valence-corrected chi connectivity index (χ2v) is 4.49. The Morgan fingerprint density at radius 2 is 2.06 bits per heavy atom. The van der Waals surface area contributed by atoms with Crippen LogP contribution in [0.3, 0.4) is 0 Å². The van der Waals surface area contributed by atoms with E-state index in [1.807, 2.05) is 0 Å². The van der Waals surface area contributed by atoms with E-state index in [1.54, 1.807) is 12.1 Å². The largest absolute Gasteiger partial charge is 0.503 e. The summed E-state index contributed by atoms with van der Waals surface area (Å²) in [6.07, 6.45) is 1.61. The van der Waals surface area contributed by atoms with E-state index in [-0.39, 0.29) is 24.2 Å². The minimum atomic E-state index is -0.315. The molecule has 0 spiro atoms. The maximum atomic E-state index is 9.69. The topological polar surface area (TPSA) is 55.5 Å². The number of phenolic OH excluding ortho intramolecular Hbond substituents is 1. The molecule has 6 heteroatoms. The van der Waals surface area contributed by atoms with E-state index in [9.17, 15) is 5.11 Å². The monoisotopic (exact) mass is 371 g/mol. The molecule has 0 bridgehead atoms. The van der Waals surface area contributed by atoms with E-state index in [0.29, 0.717) is 14.7 Å². The van der Waals surface area contributed by atoms with Crippen LogP contribution in [0.15, 0.2) is 27.7 Å². The summed E-state index contributed by atoms with van der Waals surface area (Å²) >= 11 is 6.60. The van der Waals surface area contributed by atoms with Gasteiger partial charge in [0.15, 0.2) is 11.5 Å². The summed E-state index contributed by atoms with van der Waals surface area (Å²) in [7, 11) is 1.48. The minimum Gasteiger partial charge on any atom is -0.503 e. The number of aromatic hydroxyl groups is 1. The van der Waals surface area contributed by atoms with Crippen molar-refractivity contribution in [3.63, 3.8) is 0 Å². The highest BCUT2D eigenvalue weighted by Gasteiger charge is 2.17. The molecule has 1 atom stereocenters. The highest BCUT2D eigenvalue weighted by atomic mass is 79.9. The number of halogens is 3. The number of ether oxygens (including phenoxy) is 1. The lowest BCUT2D eigenvalue weighted by molar-refractivity contribution is 0.371. The molecular weight excluding hydrogens is 361 g/mol. The number of methoxy groups -OCH3 is 1. The second kappa shape index (κ2) is 6.49. The van der Waals surface area contributed by atoms with E-state index in [1.165, 1.54) is 7.11 Å². The first-order valence-electron chi connectivity index (χ1n) is 4.15. The molecule has 0 aliphatic heterocycles. The van der Waals surface area contributed by atoms with E-state index in [2.05, 4.69) is 38.4 Å². The number of nitrogens with two attached hydrogens (primary N) is 1. The molecule has 3 N–H and O–H groups in total. The first-order chi connectivity index (χ1) is 7.02. The fraction of sp³-hybridized carbons (Fsp3) is 0.200. The molecule has 3 nitrogen and oxygen atoms in total. The maximum absolute atomic E-state index is 9.69. The molecule has 0 heterocycles. The predicted molar refractivity (Wildman–Crippen MR) is 74.4 cm³/mol. The van der Waals surface area contributed by atoms with Crippen molar-refractivity contribution < 1.29 is 9.84 Å². The standard InChI is InChI=1S/C10H11Br2NO2.ClH/c1-3-6(13)5-4-7(15-2)10(14)9(12)8(5)11;/h3-4,6,14H,1,13H2,2H3;1H/t6-;/m0./s1. The van der Waals surface area contributed by atoms with Crippen LogP contribution < -0.4 is 10.5 Å². The van der Waals surface area contributed by atoms with E-state index < -0.39 is 0 Å². The summed E-state index contributed by atoms with van der Waals surface area (Å²) in [5, 5.41) is 9.69. The molecule has 1 aromatic carbocycles. The molecule has 1 aromatic rings. The van der Waals surface area contributed by atoms with Crippen LogP contribution in [0, 0.1) is 0 Å². The van der Waals surface area contributed by atoms with Gasteiger partial charge in [-0.1, -0.05) is 6.08 Å². The Labute approximate surface area is 117 Å². The second-order valence-electron chi connectivity index (χ2n) is 2.91. The van der Waals surface area contributed by atoms with Gasteiger partial charge in [-0.05, 0) is 43.5 Å². The van der Waals surface area contributed by atoms with Gasteiger partial charge in [-0.25, -0.2) is 0 Å². The van der Waals surface area contributed by atoms with Crippen LogP contribution in [-0.2, 0) is 0 Å². The van der Waals surface area contributed by atoms with Crippen molar-refractivity contribution in [3.8, 4) is 11.5 Å². The summed E-state index contributed by atoms with van der Waals surface area (Å²) < 4.78 is 6.25. The first-order valence-corrected chi connectivity index (χ1v) is 5.74. The summed E-state index contributed by atoms with van der Waals surface area (Å²) in [5.74, 6) is 0.418. The number of hydrogen-bond donors (Lipinski definition) is 2. The Balaban J connectivity index is 0.00000225. The molecule has 0 aliphatic rings. The molecule has 0 radical (unpaired) electrons. The molecule has 16 heavy (non-hydrogen) atoms. The third-order valence-corrected chi connectivity index (χ3v) is 4.17. The van der Waals surface area contributed by atoms with E-state index in [0.717, 1.165) is 5.56 Å². The van der Waals surface area contributed by atoms with Crippen molar-refractivity contribution in [2.45, 2.75) is 6.04 Å². The van der Waals surface area contributed by atoms with Gasteiger partial charge >= 0.3 is 0 Å². The van der Waals surface area contributed by atoms with Gasteiger partial charge in [-0.2, -0.15) is 0 Å². The lowest BCUT2D eigenvalue weighted by atomic mass is 10.1. The summed E-state index contributed by atoms with van der Waals surface area (Å²) in [4.78, 5) is 0. The maximum Gasteiger partial charge on any atom is 0.173 e. The summed E-state index contributed by atoms with van der Waals surface area (Å²) in [6.45, 7) is 3.62. The van der Waals surface area contributed by atoms with Crippen LogP contribution in [0.2, 0.25) is 0 Å². The number of rotatable bonds is 3. The van der Waals surface area contributed by atoms with E-state index >= 15 is 0 Å². The fourth-order valence-corrected chi connectivity index (χ4v) is 2.13. The van der Waals surface area contributed by atoms with Crippen LogP contribution in [-0.4, -0.2) is 12.2 Å². The fourth-order valence-electron chi connectivity index (χ4n) is 1.14. The Bertz CT molecular complexity index is 399. The minimum absolute atomic E-state index is 0. The lowest BCUT2D eigenvalue weighted by Gasteiger charge is -2.14. The summed E-state index contributed by atoms with van der Waals surface area (Å²) in [6, 6.07) is 1.36. The van der Waals surface area contributed by atoms with Crippen molar-refractivity contribution >= 4 is 44.3 Å². The van der Waals surface area contributed by atoms with Gasteiger partial charge in [0.1, 0.15) is 0 Å². The van der Waals surface area contributed by atoms with Gasteiger partial charge < -0.3 is 15.6 Å². The van der Waals surface area contributed by atoms with Gasteiger partial charge in [-0.15, -0.1) is 19.0 Å². The SMILES string of the molecule is C=C[C@H](N)c1cc(OC)c(O)c(Br)c1Br.Cl. The van der Waals surface area contributed by atoms with Gasteiger partial charge in [-0.3, -0.25) is 0 Å². The molecule has 0 amide bonds. The molecule has 1 rings (SSSR count). The average molecular weight is 373 g/mol. The number of phenols is 1. The van der Waals surface area contributed by atoms with Gasteiger partial charge in [0.05, 0.1) is 11.6 Å². The zero-order chi connectivity index (χ0) is 11.6. The van der Waals surface area contributed by atoms with Gasteiger partial charge in [0.25, 0.3) is 0 Å². The van der Waals surface area contributed by atoms with Crippen LogP contribution in [0.4, 0.5) is 0 Å². The smallest absolute Gasteiger partial charge is 0.173 e. The zero-order valence-electron chi connectivity index (χ0n) is 8.54. The van der Waals surface area contributed by atoms with Crippen molar-refractivity contribution in [3.05, 3.63) is 33.2 Å². The van der Waals surface area contributed by atoms with Crippen molar-refractivity contribution in [2.75, 3.05) is 7.11 Å². The zero-order valence-corrected chi connectivity index (χ0v) is 12.5. The first kappa shape index (κ1) is 15.8. The average Bonchev–Trinajstić information content (AvgIpc) is 2.25. The molecule has 0 unspecified atom stereocenters. The Hall–Kier alpha value is -0.230. The molecule has 0 aliphatic carbocycles. The Morgan fingerprint density at radius 3 is 2.50 bits per heavy atom. The summed E-state index contributed by atoms with van der Waals surface area (Å²) in [5.41, 5.74) is 6.63. The molecule has 0 saturated heterocycles. The van der Waals surface area contributed by atoms with Crippen molar-refractivity contribution in [2.24, 2.45) is 5.73 Å². The highest BCUT2D eigenvalue weighted by molar-refractivity contribution is 9.13. The molecular formula is C10H12Br2ClNO2. The van der Waals surface area contributed by atoms with Gasteiger partial charge in [0.2, 0.25) is 0 Å². The lowest BCUT2D eigenvalue weighted by Crippen LogP contribution is -2.08. The van der Waals surface area contributed by atoms with Gasteiger partial charge in [0, 0.05) is 10.5 Å². The predicted octanol–water partition coefficient (Wildman–Crippen LogP) is 3.53. The third-order valence-electron chi connectivity index (χ3n) is 2.01. The highest BCUT2D eigenvalue weighted by Crippen LogP contribution is 2.43. The third kappa shape index (κ3) is 2.91. The number of hydrogen-bond acceptors (Lipinski definition) is 3. The molecule has 0 saturated carbocycles. The van der Waals surface area contributed by atoms with E-state index in [4.69, 9.17) is 10.5 Å². The quantitative estimate of drug-likeness (QED) is 0.797. The number of benzene rings is 1. The van der Waals surface area contributed by atoms with Crippen LogP contribution in [0.25, 0.3) is 0 Å². The normalized spacial score (nSPS) is 11.5. The molecule has 90 valence electrons. The Kier molecular flexibility index (Phi) is 6.40.